The average molecular weight is 518 g/mol. The number of fused-ring (bicyclic) bond motifs is 3. The maximum Gasteiger partial charge on any atom is 0.312 e. The number of Topliss-reactive ketones (excluding diaryl/α,β-unsaturated/α-hetero) is 1. The average Bonchev–Trinajstić information content (AvgIpc) is 3.27. The van der Waals surface area contributed by atoms with Crippen molar-refractivity contribution in [2.45, 2.75) is 38.7 Å². The van der Waals surface area contributed by atoms with Crippen LogP contribution in [-0.2, 0) is 11.4 Å². The zero-order valence-corrected chi connectivity index (χ0v) is 21.7. The van der Waals surface area contributed by atoms with Crippen molar-refractivity contribution >= 4 is 17.8 Å². The highest BCUT2D eigenvalue weighted by Gasteiger charge is 2.39. The Labute approximate surface area is 226 Å². The number of hydrogen-bond acceptors (Lipinski definition) is 6. The highest BCUT2D eigenvalue weighted by atomic mass is 16.5. The van der Waals surface area contributed by atoms with Gasteiger partial charge in [0.25, 0.3) is 0 Å². The lowest BCUT2D eigenvalue weighted by molar-refractivity contribution is -0.135. The quantitative estimate of drug-likeness (QED) is 0.158. The molecule has 6 heteroatoms. The molecule has 0 saturated carbocycles. The predicted octanol–water partition coefficient (Wildman–Crippen LogP) is 6.84. The monoisotopic (exact) mass is 517 g/mol. The van der Waals surface area contributed by atoms with Crippen LogP contribution in [0.2, 0.25) is 0 Å². The van der Waals surface area contributed by atoms with Gasteiger partial charge in [0.2, 0.25) is 5.78 Å². The molecule has 1 atom stereocenters. The fourth-order valence-electron chi connectivity index (χ4n) is 5.04. The van der Waals surface area contributed by atoms with Gasteiger partial charge in [-0.1, -0.05) is 62.4 Å². The van der Waals surface area contributed by atoms with Gasteiger partial charge in [-0.05, 0) is 53.5 Å². The van der Waals surface area contributed by atoms with Gasteiger partial charge in [-0.2, -0.15) is 0 Å². The lowest BCUT2D eigenvalue weighted by atomic mass is 9.84. The topological polar surface area (TPSA) is 74.7 Å². The molecule has 0 aliphatic carbocycles. The first kappa shape index (κ1) is 24.6. The van der Waals surface area contributed by atoms with Gasteiger partial charge in [0, 0.05) is 23.2 Å². The van der Waals surface area contributed by atoms with E-state index in [1.807, 2.05) is 54.6 Å². The standard InChI is InChI=1S/C33H27NO5/c1-20(2)22-12-10-21(11-13-22)17-29-32(36)25-14-15-28-31(33(25)39-29)26(18-30(35)38-28)24-8-3-4-9-27(24)37-19-23-7-5-6-16-34-23/h3-17,20,26H,18-19H2,1-2H3/b29-17-/t26-/m0/s1. The number of hydrogen-bond donors (Lipinski definition) is 0. The second-order valence-electron chi connectivity index (χ2n) is 9.99. The second kappa shape index (κ2) is 10.2. The molecular formula is C33H27NO5. The Bertz CT molecular complexity index is 1590. The minimum Gasteiger partial charge on any atom is -0.487 e. The van der Waals surface area contributed by atoms with E-state index in [2.05, 4.69) is 31.0 Å². The Kier molecular flexibility index (Phi) is 6.45. The van der Waals surface area contributed by atoms with E-state index in [0.29, 0.717) is 34.3 Å². The molecule has 1 aromatic heterocycles. The summed E-state index contributed by atoms with van der Waals surface area (Å²) in [5.41, 5.74) is 4.84. The Morgan fingerprint density at radius 1 is 0.949 bits per heavy atom. The first-order chi connectivity index (χ1) is 19.0. The van der Waals surface area contributed by atoms with E-state index in [-0.39, 0.29) is 30.5 Å². The minimum atomic E-state index is -0.409. The molecule has 4 aromatic rings. The van der Waals surface area contributed by atoms with Crippen molar-refractivity contribution in [2.24, 2.45) is 0 Å². The van der Waals surface area contributed by atoms with Gasteiger partial charge in [0.05, 0.1) is 17.7 Å². The smallest absolute Gasteiger partial charge is 0.312 e. The van der Waals surface area contributed by atoms with Crippen LogP contribution in [0.15, 0.2) is 90.8 Å². The van der Waals surface area contributed by atoms with E-state index in [1.165, 1.54) is 5.56 Å². The van der Waals surface area contributed by atoms with Crippen LogP contribution in [-0.4, -0.2) is 16.7 Å². The number of pyridine rings is 1. The maximum atomic E-state index is 13.4. The SMILES string of the molecule is CC(C)c1ccc(/C=C2\Oc3c(ccc4c3[C@H](c3ccccc3OCc3ccccn3)CC(=O)O4)C2=O)cc1. The Morgan fingerprint density at radius 3 is 2.51 bits per heavy atom. The van der Waals surface area contributed by atoms with Crippen molar-refractivity contribution in [3.63, 3.8) is 0 Å². The number of carbonyl (C=O) groups is 2. The van der Waals surface area contributed by atoms with Gasteiger partial charge >= 0.3 is 5.97 Å². The molecule has 6 nitrogen and oxygen atoms in total. The number of para-hydroxylation sites is 1. The number of benzene rings is 3. The summed E-state index contributed by atoms with van der Waals surface area (Å²) in [6.07, 6.45) is 3.58. The van der Waals surface area contributed by atoms with E-state index >= 15 is 0 Å². The molecule has 3 heterocycles. The van der Waals surface area contributed by atoms with Crippen LogP contribution >= 0.6 is 0 Å². The molecule has 0 spiro atoms. The van der Waals surface area contributed by atoms with Crippen molar-refractivity contribution in [1.82, 2.24) is 4.98 Å². The number of aromatic nitrogens is 1. The zero-order chi connectivity index (χ0) is 26.9. The van der Waals surface area contributed by atoms with Gasteiger partial charge in [-0.3, -0.25) is 14.6 Å². The molecule has 2 aliphatic heterocycles. The number of rotatable bonds is 6. The number of carbonyl (C=O) groups excluding carboxylic acids is 2. The van der Waals surface area contributed by atoms with Crippen LogP contribution in [0.5, 0.6) is 17.2 Å². The van der Waals surface area contributed by atoms with E-state index in [0.717, 1.165) is 16.8 Å². The van der Waals surface area contributed by atoms with Crippen LogP contribution in [0.3, 0.4) is 0 Å². The molecule has 2 aliphatic rings. The Morgan fingerprint density at radius 2 is 1.74 bits per heavy atom. The van der Waals surface area contributed by atoms with Gasteiger partial charge in [-0.15, -0.1) is 0 Å². The lowest BCUT2D eigenvalue weighted by Gasteiger charge is -2.27. The summed E-state index contributed by atoms with van der Waals surface area (Å²) in [5, 5.41) is 0. The Balaban J connectivity index is 1.36. The summed E-state index contributed by atoms with van der Waals surface area (Å²) in [4.78, 5) is 30.3. The summed E-state index contributed by atoms with van der Waals surface area (Å²) in [6, 6.07) is 24.7. The van der Waals surface area contributed by atoms with Crippen LogP contribution < -0.4 is 14.2 Å². The van der Waals surface area contributed by atoms with E-state index in [1.54, 1.807) is 24.4 Å². The summed E-state index contributed by atoms with van der Waals surface area (Å²) < 4.78 is 18.0. The molecule has 194 valence electrons. The van der Waals surface area contributed by atoms with Crippen molar-refractivity contribution in [3.05, 3.63) is 124 Å². The van der Waals surface area contributed by atoms with Crippen molar-refractivity contribution in [1.29, 1.82) is 0 Å². The third-order valence-corrected chi connectivity index (χ3v) is 7.08. The highest BCUT2D eigenvalue weighted by molar-refractivity contribution is 6.15. The first-order valence-electron chi connectivity index (χ1n) is 13.0. The van der Waals surface area contributed by atoms with Crippen LogP contribution in [0.4, 0.5) is 0 Å². The highest BCUT2D eigenvalue weighted by Crippen LogP contribution is 2.50. The van der Waals surface area contributed by atoms with Crippen LogP contribution in [0, 0.1) is 0 Å². The lowest BCUT2D eigenvalue weighted by Crippen LogP contribution is -2.22. The largest absolute Gasteiger partial charge is 0.487 e. The van der Waals surface area contributed by atoms with Gasteiger partial charge in [-0.25, -0.2) is 0 Å². The number of ketones is 1. The molecule has 0 amide bonds. The molecule has 0 saturated heterocycles. The minimum absolute atomic E-state index is 0.0979. The van der Waals surface area contributed by atoms with Crippen LogP contribution in [0.25, 0.3) is 6.08 Å². The van der Waals surface area contributed by atoms with E-state index in [9.17, 15) is 9.59 Å². The molecule has 0 fully saturated rings. The first-order valence-corrected chi connectivity index (χ1v) is 13.0. The molecule has 0 N–H and O–H groups in total. The van der Waals surface area contributed by atoms with Gasteiger partial charge < -0.3 is 14.2 Å². The number of ether oxygens (including phenoxy) is 3. The summed E-state index contributed by atoms with van der Waals surface area (Å²) in [7, 11) is 0. The summed E-state index contributed by atoms with van der Waals surface area (Å²) in [6.45, 7) is 4.57. The fourth-order valence-corrected chi connectivity index (χ4v) is 5.04. The second-order valence-corrected chi connectivity index (χ2v) is 9.99. The predicted molar refractivity (Wildman–Crippen MR) is 147 cm³/mol. The Hall–Kier alpha value is -4.71. The number of esters is 1. The van der Waals surface area contributed by atoms with Crippen LogP contribution in [0.1, 0.15) is 70.4 Å². The summed E-state index contributed by atoms with van der Waals surface area (Å²) >= 11 is 0. The maximum absolute atomic E-state index is 13.4. The fraction of sp³-hybridized carbons (Fsp3) is 0.182. The molecular weight excluding hydrogens is 490 g/mol. The number of nitrogens with zero attached hydrogens (tertiary/aromatic N) is 1. The molecule has 3 aromatic carbocycles. The summed E-state index contributed by atoms with van der Waals surface area (Å²) in [5.74, 6) is 1.16. The molecule has 0 bridgehead atoms. The zero-order valence-electron chi connectivity index (χ0n) is 21.7. The van der Waals surface area contributed by atoms with Gasteiger partial charge in [0.1, 0.15) is 23.9 Å². The van der Waals surface area contributed by atoms with Crippen molar-refractivity contribution in [3.8, 4) is 17.2 Å². The third-order valence-electron chi connectivity index (χ3n) is 7.08. The van der Waals surface area contributed by atoms with Gasteiger partial charge in [0.15, 0.2) is 5.76 Å². The van der Waals surface area contributed by atoms with Crippen molar-refractivity contribution in [2.75, 3.05) is 0 Å². The third kappa shape index (κ3) is 4.81. The normalized spacial score (nSPS) is 17.0. The molecule has 0 unspecified atom stereocenters. The number of allylic oxidation sites excluding steroid dienone is 1. The molecule has 39 heavy (non-hydrogen) atoms. The van der Waals surface area contributed by atoms with E-state index in [4.69, 9.17) is 14.2 Å². The van der Waals surface area contributed by atoms with Crippen molar-refractivity contribution < 1.29 is 23.8 Å². The van der Waals surface area contributed by atoms with E-state index < -0.39 is 5.92 Å². The molecule has 0 radical (unpaired) electrons. The molecule has 6 rings (SSSR count).